The second-order valence-electron chi connectivity index (χ2n) is 6.30. The zero-order valence-corrected chi connectivity index (χ0v) is 14.1. The van der Waals surface area contributed by atoms with E-state index >= 15 is 0 Å². The van der Waals surface area contributed by atoms with Gasteiger partial charge in [-0.25, -0.2) is 4.39 Å². The molecule has 1 amide bonds. The number of benzene rings is 1. The van der Waals surface area contributed by atoms with Gasteiger partial charge in [0, 0.05) is 18.5 Å². The Balaban J connectivity index is 0.00000264. The van der Waals surface area contributed by atoms with Crippen molar-refractivity contribution < 1.29 is 14.3 Å². The molecule has 2 rings (SSSR count). The van der Waals surface area contributed by atoms with Crippen molar-refractivity contribution in [1.82, 2.24) is 5.32 Å². The number of hydrogen-bond acceptors (Lipinski definition) is 3. The Morgan fingerprint density at radius 2 is 2.00 bits per heavy atom. The standard InChI is InChI=1S/C17H25FN2O2.ClH/c18-15-8-13(4-5-14(15)11-21)10-20-16(22)9-17(12-19)6-2-1-3-7-17;/h4-5,8,21H,1-3,6-7,9-12,19H2,(H,20,22);1H. The highest BCUT2D eigenvalue weighted by molar-refractivity contribution is 5.85. The number of rotatable bonds is 6. The highest BCUT2D eigenvalue weighted by Crippen LogP contribution is 2.38. The fourth-order valence-electron chi connectivity index (χ4n) is 3.19. The van der Waals surface area contributed by atoms with E-state index in [4.69, 9.17) is 10.8 Å². The van der Waals surface area contributed by atoms with Crippen molar-refractivity contribution in [2.75, 3.05) is 6.54 Å². The number of nitrogens with two attached hydrogens (primary N) is 1. The molecule has 23 heavy (non-hydrogen) atoms. The summed E-state index contributed by atoms with van der Waals surface area (Å²) in [4.78, 5) is 12.2. The van der Waals surface area contributed by atoms with Crippen LogP contribution in [0.3, 0.4) is 0 Å². The first-order chi connectivity index (χ1) is 10.6. The Morgan fingerprint density at radius 3 is 2.57 bits per heavy atom. The van der Waals surface area contributed by atoms with Gasteiger partial charge in [-0.1, -0.05) is 31.4 Å². The lowest BCUT2D eigenvalue weighted by Crippen LogP contribution is -2.38. The Hall–Kier alpha value is -1.17. The van der Waals surface area contributed by atoms with E-state index in [0.717, 1.165) is 25.7 Å². The fourth-order valence-corrected chi connectivity index (χ4v) is 3.19. The number of aliphatic hydroxyl groups excluding tert-OH is 1. The van der Waals surface area contributed by atoms with Gasteiger partial charge in [-0.15, -0.1) is 12.4 Å². The molecule has 4 N–H and O–H groups in total. The molecule has 1 saturated carbocycles. The second kappa shape index (κ2) is 9.21. The smallest absolute Gasteiger partial charge is 0.220 e. The summed E-state index contributed by atoms with van der Waals surface area (Å²) in [6.45, 7) is 0.514. The van der Waals surface area contributed by atoms with Crippen LogP contribution in [0.5, 0.6) is 0 Å². The molecule has 0 saturated heterocycles. The number of aliphatic hydroxyl groups is 1. The van der Waals surface area contributed by atoms with Gasteiger partial charge in [-0.05, 0) is 36.4 Å². The maximum Gasteiger partial charge on any atom is 0.220 e. The fraction of sp³-hybridized carbons (Fsp3) is 0.588. The molecular weight excluding hydrogens is 319 g/mol. The number of carbonyl (C=O) groups is 1. The molecule has 0 bridgehead atoms. The third-order valence-electron chi connectivity index (χ3n) is 4.66. The predicted molar refractivity (Wildman–Crippen MR) is 90.6 cm³/mol. The first-order valence-electron chi connectivity index (χ1n) is 7.93. The maximum absolute atomic E-state index is 13.6. The van der Waals surface area contributed by atoms with Crippen molar-refractivity contribution in [2.24, 2.45) is 11.1 Å². The lowest BCUT2D eigenvalue weighted by Gasteiger charge is -2.35. The zero-order chi connectivity index (χ0) is 16.0. The second-order valence-corrected chi connectivity index (χ2v) is 6.30. The van der Waals surface area contributed by atoms with Crippen molar-refractivity contribution in [3.63, 3.8) is 0 Å². The van der Waals surface area contributed by atoms with Crippen LogP contribution in [0, 0.1) is 11.2 Å². The van der Waals surface area contributed by atoms with Crippen LogP contribution in [-0.2, 0) is 17.9 Å². The molecule has 1 aliphatic rings. The minimum absolute atomic E-state index is 0. The number of nitrogens with one attached hydrogen (secondary N) is 1. The molecule has 0 unspecified atom stereocenters. The normalized spacial score (nSPS) is 16.5. The average molecular weight is 345 g/mol. The van der Waals surface area contributed by atoms with Crippen LogP contribution < -0.4 is 11.1 Å². The van der Waals surface area contributed by atoms with Gasteiger partial charge < -0.3 is 16.2 Å². The molecule has 1 fully saturated rings. The van der Waals surface area contributed by atoms with Crippen LogP contribution in [0.1, 0.15) is 49.7 Å². The highest BCUT2D eigenvalue weighted by atomic mass is 35.5. The van der Waals surface area contributed by atoms with Crippen LogP contribution in [0.25, 0.3) is 0 Å². The van der Waals surface area contributed by atoms with Gasteiger partial charge in [0.2, 0.25) is 5.91 Å². The van der Waals surface area contributed by atoms with Crippen molar-refractivity contribution >= 4 is 18.3 Å². The van der Waals surface area contributed by atoms with Crippen LogP contribution in [-0.4, -0.2) is 17.6 Å². The van der Waals surface area contributed by atoms with Crippen molar-refractivity contribution in [3.8, 4) is 0 Å². The van der Waals surface area contributed by atoms with E-state index in [2.05, 4.69) is 5.32 Å². The van der Waals surface area contributed by atoms with Gasteiger partial charge in [0.25, 0.3) is 0 Å². The van der Waals surface area contributed by atoms with E-state index in [1.54, 1.807) is 12.1 Å². The monoisotopic (exact) mass is 344 g/mol. The molecule has 0 heterocycles. The average Bonchev–Trinajstić information content (AvgIpc) is 2.54. The van der Waals surface area contributed by atoms with Gasteiger partial charge in [-0.3, -0.25) is 4.79 Å². The molecule has 0 spiro atoms. The van der Waals surface area contributed by atoms with Crippen LogP contribution in [0.4, 0.5) is 4.39 Å². The van der Waals surface area contributed by atoms with E-state index in [1.807, 2.05) is 0 Å². The van der Waals surface area contributed by atoms with Crippen LogP contribution in [0.2, 0.25) is 0 Å². The van der Waals surface area contributed by atoms with Gasteiger partial charge in [-0.2, -0.15) is 0 Å². The lowest BCUT2D eigenvalue weighted by molar-refractivity contribution is -0.124. The van der Waals surface area contributed by atoms with Crippen LogP contribution in [0.15, 0.2) is 18.2 Å². The minimum Gasteiger partial charge on any atom is -0.392 e. The first kappa shape index (κ1) is 19.9. The Bertz CT molecular complexity index is 519. The summed E-state index contributed by atoms with van der Waals surface area (Å²) in [5.41, 5.74) is 6.78. The molecule has 4 nitrogen and oxygen atoms in total. The summed E-state index contributed by atoms with van der Waals surface area (Å²) in [6, 6.07) is 4.61. The minimum atomic E-state index is -0.444. The number of hydrogen-bond donors (Lipinski definition) is 3. The Labute approximate surface area is 143 Å². The van der Waals surface area contributed by atoms with E-state index in [1.165, 1.54) is 12.5 Å². The van der Waals surface area contributed by atoms with Crippen molar-refractivity contribution in [1.29, 1.82) is 0 Å². The predicted octanol–water partition coefficient (Wildman–Crippen LogP) is 2.66. The van der Waals surface area contributed by atoms with E-state index in [9.17, 15) is 9.18 Å². The Morgan fingerprint density at radius 1 is 1.30 bits per heavy atom. The molecule has 1 aromatic rings. The number of amides is 1. The summed E-state index contributed by atoms with van der Waals surface area (Å²) in [5.74, 6) is -0.473. The van der Waals surface area contributed by atoms with Crippen molar-refractivity contribution in [2.45, 2.75) is 51.7 Å². The molecule has 0 atom stereocenters. The highest BCUT2D eigenvalue weighted by Gasteiger charge is 2.32. The first-order valence-corrected chi connectivity index (χ1v) is 7.93. The molecular formula is C17H26ClFN2O2. The third kappa shape index (κ3) is 5.44. The number of halogens is 2. The summed E-state index contributed by atoms with van der Waals surface area (Å²) in [7, 11) is 0. The zero-order valence-electron chi connectivity index (χ0n) is 13.3. The SMILES string of the molecule is Cl.NCC1(CC(=O)NCc2ccc(CO)c(F)c2)CCCCC1. The summed E-state index contributed by atoms with van der Waals surface area (Å²) in [6.07, 6.45) is 5.96. The molecule has 0 aliphatic heterocycles. The quantitative estimate of drug-likeness (QED) is 0.742. The molecule has 0 radical (unpaired) electrons. The maximum atomic E-state index is 13.6. The van der Waals surface area contributed by atoms with E-state index in [0.29, 0.717) is 25.1 Å². The summed E-state index contributed by atoms with van der Waals surface area (Å²) < 4.78 is 13.6. The summed E-state index contributed by atoms with van der Waals surface area (Å²) >= 11 is 0. The van der Waals surface area contributed by atoms with E-state index < -0.39 is 5.82 Å². The molecule has 1 aliphatic carbocycles. The topological polar surface area (TPSA) is 75.4 Å². The largest absolute Gasteiger partial charge is 0.392 e. The Kier molecular flexibility index (Phi) is 7.95. The van der Waals surface area contributed by atoms with Gasteiger partial charge in [0.05, 0.1) is 6.61 Å². The molecule has 0 aromatic heterocycles. The summed E-state index contributed by atoms with van der Waals surface area (Å²) in [5, 5.41) is 11.8. The van der Waals surface area contributed by atoms with Gasteiger partial charge in [0.1, 0.15) is 5.82 Å². The third-order valence-corrected chi connectivity index (χ3v) is 4.66. The lowest BCUT2D eigenvalue weighted by atomic mass is 9.71. The molecule has 130 valence electrons. The van der Waals surface area contributed by atoms with E-state index in [-0.39, 0.29) is 35.9 Å². The molecule has 1 aromatic carbocycles. The van der Waals surface area contributed by atoms with Gasteiger partial charge >= 0.3 is 0 Å². The number of carbonyl (C=O) groups excluding carboxylic acids is 1. The van der Waals surface area contributed by atoms with Crippen molar-refractivity contribution in [3.05, 3.63) is 35.1 Å². The molecule has 6 heteroatoms. The van der Waals surface area contributed by atoms with Gasteiger partial charge in [0.15, 0.2) is 0 Å². The van der Waals surface area contributed by atoms with Crippen LogP contribution >= 0.6 is 12.4 Å².